The van der Waals surface area contributed by atoms with E-state index >= 15 is 0 Å². The number of amides is 1. The number of hydrogen-bond donors (Lipinski definition) is 1. The highest BCUT2D eigenvalue weighted by Gasteiger charge is 2.32. The van der Waals surface area contributed by atoms with E-state index in [1.54, 1.807) is 4.90 Å². The first-order valence-corrected chi connectivity index (χ1v) is 8.51. The molecular formula is C16H17N3O4S. The van der Waals surface area contributed by atoms with Crippen LogP contribution in [0.4, 0.5) is 4.79 Å². The molecule has 1 aliphatic rings. The fourth-order valence-corrected chi connectivity index (χ4v) is 3.49. The molecule has 1 amide bonds. The summed E-state index contributed by atoms with van der Waals surface area (Å²) >= 11 is 1.01. The van der Waals surface area contributed by atoms with Crippen LogP contribution in [0.1, 0.15) is 45.7 Å². The number of carboxylic acids is 1. The van der Waals surface area contributed by atoms with E-state index in [4.69, 9.17) is 9.84 Å². The van der Waals surface area contributed by atoms with Crippen LogP contribution in [0.25, 0.3) is 0 Å². The van der Waals surface area contributed by atoms with Crippen molar-refractivity contribution in [2.45, 2.75) is 31.9 Å². The van der Waals surface area contributed by atoms with E-state index < -0.39 is 12.1 Å². The lowest BCUT2D eigenvalue weighted by atomic mass is 10.0. The molecule has 0 spiro atoms. The number of nitrogens with zero attached hydrogens (tertiary/aromatic N) is 3. The van der Waals surface area contributed by atoms with Gasteiger partial charge in [-0.3, -0.25) is 4.90 Å². The van der Waals surface area contributed by atoms with E-state index in [2.05, 4.69) is 10.2 Å². The van der Waals surface area contributed by atoms with Crippen LogP contribution < -0.4 is 0 Å². The van der Waals surface area contributed by atoms with Crippen LogP contribution in [0.2, 0.25) is 0 Å². The van der Waals surface area contributed by atoms with E-state index in [1.165, 1.54) is 0 Å². The molecule has 1 saturated heterocycles. The Balaban J connectivity index is 1.69. The van der Waals surface area contributed by atoms with Crippen molar-refractivity contribution in [3.05, 3.63) is 45.9 Å². The summed E-state index contributed by atoms with van der Waals surface area (Å²) < 4.78 is 5.40. The molecule has 0 aliphatic carbocycles. The first-order chi connectivity index (χ1) is 11.6. The average Bonchev–Trinajstić information content (AvgIpc) is 3.11. The second-order valence-electron chi connectivity index (χ2n) is 5.50. The van der Waals surface area contributed by atoms with E-state index in [0.29, 0.717) is 11.6 Å². The van der Waals surface area contributed by atoms with Crippen molar-refractivity contribution in [1.29, 1.82) is 0 Å². The van der Waals surface area contributed by atoms with Gasteiger partial charge in [-0.1, -0.05) is 41.7 Å². The second-order valence-corrected chi connectivity index (χ2v) is 6.50. The fraction of sp³-hybridized carbons (Fsp3) is 0.375. The van der Waals surface area contributed by atoms with Gasteiger partial charge in [0.1, 0.15) is 11.6 Å². The molecule has 24 heavy (non-hydrogen) atoms. The van der Waals surface area contributed by atoms with Crippen molar-refractivity contribution >= 4 is 23.4 Å². The first-order valence-electron chi connectivity index (χ1n) is 7.69. The number of ether oxygens (including phenoxy) is 1. The van der Waals surface area contributed by atoms with Crippen LogP contribution in [-0.2, 0) is 11.3 Å². The standard InChI is InChI=1S/C16H17N3O4S/c20-15(21)14-18-17-13(24-14)12-8-4-5-9-19(12)16(22)23-10-11-6-2-1-3-7-11/h1-3,6-7,12H,4-5,8-10H2,(H,20,21). The van der Waals surface area contributed by atoms with Crippen molar-refractivity contribution < 1.29 is 19.4 Å². The quantitative estimate of drug-likeness (QED) is 0.913. The second kappa shape index (κ2) is 7.39. The van der Waals surface area contributed by atoms with Crippen molar-refractivity contribution in [2.24, 2.45) is 0 Å². The number of hydrogen-bond acceptors (Lipinski definition) is 6. The van der Waals surface area contributed by atoms with Gasteiger partial charge >= 0.3 is 12.1 Å². The Morgan fingerprint density at radius 1 is 1.25 bits per heavy atom. The third kappa shape index (κ3) is 3.70. The number of piperidine rings is 1. The highest BCUT2D eigenvalue weighted by Crippen LogP contribution is 2.33. The lowest BCUT2D eigenvalue weighted by Crippen LogP contribution is -2.38. The summed E-state index contributed by atoms with van der Waals surface area (Å²) in [6.07, 6.45) is 2.17. The lowest BCUT2D eigenvalue weighted by Gasteiger charge is -2.33. The van der Waals surface area contributed by atoms with Gasteiger partial charge in [-0.05, 0) is 24.8 Å². The van der Waals surface area contributed by atoms with Crippen LogP contribution in [0.5, 0.6) is 0 Å². The lowest BCUT2D eigenvalue weighted by molar-refractivity contribution is 0.0672. The molecule has 1 atom stereocenters. The summed E-state index contributed by atoms with van der Waals surface area (Å²) in [7, 11) is 0. The predicted molar refractivity (Wildman–Crippen MR) is 86.8 cm³/mol. The maximum Gasteiger partial charge on any atom is 0.410 e. The molecule has 1 N–H and O–H groups in total. The Morgan fingerprint density at radius 2 is 2.04 bits per heavy atom. The number of aromatic nitrogens is 2. The fourth-order valence-electron chi connectivity index (χ4n) is 2.66. The van der Waals surface area contributed by atoms with Gasteiger partial charge in [0, 0.05) is 6.54 Å². The topological polar surface area (TPSA) is 92.6 Å². The largest absolute Gasteiger partial charge is 0.476 e. The Kier molecular flexibility index (Phi) is 5.05. The Labute approximate surface area is 142 Å². The molecule has 3 rings (SSSR count). The number of carbonyl (C=O) groups is 2. The molecule has 0 bridgehead atoms. The van der Waals surface area contributed by atoms with Gasteiger partial charge in [0.25, 0.3) is 0 Å². The zero-order valence-electron chi connectivity index (χ0n) is 12.9. The monoisotopic (exact) mass is 347 g/mol. The number of rotatable bonds is 4. The van der Waals surface area contributed by atoms with Crippen molar-refractivity contribution in [2.75, 3.05) is 6.54 Å². The summed E-state index contributed by atoms with van der Waals surface area (Å²) in [5, 5.41) is 17.1. The van der Waals surface area contributed by atoms with Crippen molar-refractivity contribution in [3.8, 4) is 0 Å². The van der Waals surface area contributed by atoms with Gasteiger partial charge < -0.3 is 9.84 Å². The molecule has 2 heterocycles. The zero-order valence-corrected chi connectivity index (χ0v) is 13.7. The maximum absolute atomic E-state index is 12.4. The van der Waals surface area contributed by atoms with Gasteiger partial charge in [0.15, 0.2) is 0 Å². The minimum atomic E-state index is -1.10. The summed E-state index contributed by atoms with van der Waals surface area (Å²) in [5.41, 5.74) is 0.920. The molecular weight excluding hydrogens is 330 g/mol. The summed E-state index contributed by atoms with van der Waals surface area (Å²) in [6.45, 7) is 0.777. The Morgan fingerprint density at radius 3 is 2.75 bits per heavy atom. The molecule has 2 aromatic rings. The normalized spacial score (nSPS) is 17.5. The van der Waals surface area contributed by atoms with Crippen molar-refractivity contribution in [3.63, 3.8) is 0 Å². The minimum Gasteiger partial charge on any atom is -0.476 e. The number of carboxylic acid groups (broad SMARTS) is 1. The average molecular weight is 347 g/mol. The third-order valence-corrected chi connectivity index (χ3v) is 4.86. The van der Waals surface area contributed by atoms with E-state index in [1.807, 2.05) is 30.3 Å². The molecule has 1 aromatic heterocycles. The van der Waals surface area contributed by atoms with Crippen LogP contribution in [-0.4, -0.2) is 38.8 Å². The molecule has 0 radical (unpaired) electrons. The van der Waals surface area contributed by atoms with Gasteiger partial charge in [-0.2, -0.15) is 0 Å². The highest BCUT2D eigenvalue weighted by atomic mass is 32.1. The van der Waals surface area contributed by atoms with Gasteiger partial charge in [-0.15, -0.1) is 10.2 Å². The summed E-state index contributed by atoms with van der Waals surface area (Å²) in [6, 6.07) is 9.20. The zero-order chi connectivity index (χ0) is 16.9. The molecule has 7 nitrogen and oxygen atoms in total. The molecule has 1 fully saturated rings. The molecule has 1 aromatic carbocycles. The molecule has 8 heteroatoms. The summed E-state index contributed by atoms with van der Waals surface area (Å²) in [5.74, 6) is -1.10. The third-order valence-electron chi connectivity index (χ3n) is 3.85. The number of carbonyl (C=O) groups excluding carboxylic acids is 1. The molecule has 1 unspecified atom stereocenters. The maximum atomic E-state index is 12.4. The number of likely N-dealkylation sites (tertiary alicyclic amines) is 1. The molecule has 126 valence electrons. The number of benzene rings is 1. The van der Waals surface area contributed by atoms with Crippen molar-refractivity contribution in [1.82, 2.24) is 15.1 Å². The van der Waals surface area contributed by atoms with E-state index in [-0.39, 0.29) is 17.7 Å². The Bertz CT molecular complexity index is 719. The summed E-state index contributed by atoms with van der Waals surface area (Å²) in [4.78, 5) is 25.0. The van der Waals surface area contributed by atoms with Gasteiger partial charge in [-0.25, -0.2) is 9.59 Å². The number of aromatic carboxylic acids is 1. The highest BCUT2D eigenvalue weighted by molar-refractivity contribution is 7.13. The van der Waals surface area contributed by atoms with Crippen LogP contribution in [0.3, 0.4) is 0 Å². The van der Waals surface area contributed by atoms with Crippen LogP contribution in [0, 0.1) is 0 Å². The minimum absolute atomic E-state index is 0.0619. The smallest absolute Gasteiger partial charge is 0.410 e. The van der Waals surface area contributed by atoms with Gasteiger partial charge in [0.05, 0.1) is 6.04 Å². The van der Waals surface area contributed by atoms with Crippen LogP contribution >= 0.6 is 11.3 Å². The van der Waals surface area contributed by atoms with Crippen LogP contribution in [0.15, 0.2) is 30.3 Å². The SMILES string of the molecule is O=C(O)c1nnc(C2CCCCN2C(=O)OCc2ccccc2)s1. The van der Waals surface area contributed by atoms with Gasteiger partial charge in [0.2, 0.25) is 5.01 Å². The predicted octanol–water partition coefficient (Wildman–Crippen LogP) is 3.10. The first kappa shape index (κ1) is 16.4. The van der Waals surface area contributed by atoms with E-state index in [9.17, 15) is 9.59 Å². The molecule has 1 aliphatic heterocycles. The van der Waals surface area contributed by atoms with E-state index in [0.717, 1.165) is 36.2 Å². The molecule has 0 saturated carbocycles. The Hall–Kier alpha value is -2.48.